The van der Waals surface area contributed by atoms with Crippen molar-refractivity contribution in [2.75, 3.05) is 12.8 Å². The van der Waals surface area contributed by atoms with Crippen molar-refractivity contribution in [3.63, 3.8) is 0 Å². The van der Waals surface area contributed by atoms with Crippen LogP contribution in [0, 0.1) is 0 Å². The molecule has 2 unspecified atom stereocenters. The molecule has 5 nitrogen and oxygen atoms in total. The highest BCUT2D eigenvalue weighted by molar-refractivity contribution is 7.92. The number of sulfone groups is 1. The van der Waals surface area contributed by atoms with Crippen LogP contribution in [0.25, 0.3) is 0 Å². The van der Waals surface area contributed by atoms with Crippen molar-refractivity contribution in [2.24, 2.45) is 0 Å². The van der Waals surface area contributed by atoms with Gasteiger partial charge in [0.2, 0.25) is 0 Å². The maximum absolute atomic E-state index is 11.7. The number of aromatic nitrogens is 1. The Morgan fingerprint density at radius 3 is 3.00 bits per heavy atom. The van der Waals surface area contributed by atoms with Crippen LogP contribution in [0.5, 0.6) is 0 Å². The molecular formula is C11H18N2O3S. The molecule has 17 heavy (non-hydrogen) atoms. The van der Waals surface area contributed by atoms with E-state index < -0.39 is 9.84 Å². The van der Waals surface area contributed by atoms with Crippen LogP contribution >= 0.6 is 0 Å². The minimum Gasteiger partial charge on any atom is -0.449 e. The van der Waals surface area contributed by atoms with E-state index in [0.717, 1.165) is 18.5 Å². The van der Waals surface area contributed by atoms with Gasteiger partial charge in [-0.05, 0) is 26.8 Å². The molecule has 2 heterocycles. The highest BCUT2D eigenvalue weighted by atomic mass is 32.2. The van der Waals surface area contributed by atoms with Gasteiger partial charge in [-0.15, -0.1) is 0 Å². The van der Waals surface area contributed by atoms with Crippen LogP contribution in [0.2, 0.25) is 0 Å². The van der Waals surface area contributed by atoms with Crippen LogP contribution in [0.4, 0.5) is 0 Å². The molecule has 0 aromatic carbocycles. The maximum atomic E-state index is 11.7. The Balaban J connectivity index is 2.07. The summed E-state index contributed by atoms with van der Waals surface area (Å²) in [6.45, 7) is 1.98. The molecule has 2 atom stereocenters. The molecule has 0 spiro atoms. The van der Waals surface area contributed by atoms with E-state index in [4.69, 9.17) is 4.42 Å². The molecule has 0 aliphatic carbocycles. The van der Waals surface area contributed by atoms with Crippen LogP contribution in [0.3, 0.4) is 0 Å². The fraction of sp³-hybridized carbons (Fsp3) is 0.727. The van der Waals surface area contributed by atoms with Crippen LogP contribution in [-0.4, -0.2) is 31.5 Å². The Kier molecular flexibility index (Phi) is 3.53. The van der Waals surface area contributed by atoms with Crippen molar-refractivity contribution in [1.29, 1.82) is 0 Å². The zero-order chi connectivity index (χ0) is 12.5. The van der Waals surface area contributed by atoms with E-state index in [2.05, 4.69) is 10.3 Å². The molecule has 1 fully saturated rings. The molecule has 1 N–H and O–H groups in total. The zero-order valence-electron chi connectivity index (χ0n) is 10.1. The van der Waals surface area contributed by atoms with Crippen molar-refractivity contribution in [3.05, 3.63) is 17.8 Å². The topological polar surface area (TPSA) is 72.2 Å². The van der Waals surface area contributed by atoms with E-state index in [-0.39, 0.29) is 11.3 Å². The van der Waals surface area contributed by atoms with Gasteiger partial charge in [0.15, 0.2) is 15.7 Å². The fourth-order valence-electron chi connectivity index (χ4n) is 2.05. The Labute approximate surface area is 102 Å². The van der Waals surface area contributed by atoms with Gasteiger partial charge in [0.25, 0.3) is 0 Å². The van der Waals surface area contributed by atoms with Crippen LogP contribution < -0.4 is 5.32 Å². The first-order chi connectivity index (χ1) is 8.03. The third-order valence-corrected chi connectivity index (χ3v) is 5.59. The molecule has 0 amide bonds. The van der Waals surface area contributed by atoms with E-state index in [1.165, 1.54) is 0 Å². The van der Waals surface area contributed by atoms with E-state index in [1.807, 2.05) is 14.0 Å². The molecule has 1 aliphatic heterocycles. The van der Waals surface area contributed by atoms with Crippen molar-refractivity contribution in [2.45, 2.75) is 37.5 Å². The lowest BCUT2D eigenvalue weighted by Crippen LogP contribution is -2.19. The van der Waals surface area contributed by atoms with E-state index >= 15 is 0 Å². The third kappa shape index (κ3) is 2.69. The third-order valence-electron chi connectivity index (χ3n) is 3.31. The van der Waals surface area contributed by atoms with Gasteiger partial charge >= 0.3 is 0 Å². The summed E-state index contributed by atoms with van der Waals surface area (Å²) in [5, 5.41) is 2.76. The SMILES string of the molecule is CNC(C)c1coc(CC2CCCS2(=O)=O)n1. The van der Waals surface area contributed by atoms with Crippen LogP contribution in [0.1, 0.15) is 37.4 Å². The molecule has 6 heteroatoms. The Hall–Kier alpha value is -0.880. The molecule has 2 rings (SSSR count). The summed E-state index contributed by atoms with van der Waals surface area (Å²) < 4.78 is 28.7. The summed E-state index contributed by atoms with van der Waals surface area (Å²) in [4.78, 5) is 4.32. The lowest BCUT2D eigenvalue weighted by Gasteiger charge is -2.06. The molecule has 0 radical (unpaired) electrons. The molecule has 96 valence electrons. The van der Waals surface area contributed by atoms with Gasteiger partial charge in [0.05, 0.1) is 16.7 Å². The van der Waals surface area contributed by atoms with Crippen LogP contribution in [-0.2, 0) is 16.3 Å². The molecular weight excluding hydrogens is 240 g/mol. The quantitative estimate of drug-likeness (QED) is 0.874. The highest BCUT2D eigenvalue weighted by Gasteiger charge is 2.32. The summed E-state index contributed by atoms with van der Waals surface area (Å²) in [6, 6.07) is 0.118. The average Bonchev–Trinajstić information content (AvgIpc) is 2.86. The van der Waals surface area contributed by atoms with Gasteiger partial charge in [0, 0.05) is 12.5 Å². The number of oxazole rings is 1. The maximum Gasteiger partial charge on any atom is 0.195 e. The molecule has 0 bridgehead atoms. The second-order valence-electron chi connectivity index (χ2n) is 4.51. The van der Waals surface area contributed by atoms with Crippen molar-refractivity contribution in [1.82, 2.24) is 10.3 Å². The predicted octanol–water partition coefficient (Wildman–Crippen LogP) is 1.07. The second kappa shape index (κ2) is 4.78. The Bertz CT molecular complexity index is 481. The van der Waals surface area contributed by atoms with Gasteiger partial charge in [-0.25, -0.2) is 13.4 Å². The fourth-order valence-corrected chi connectivity index (χ4v) is 3.87. The molecule has 1 aliphatic rings. The van der Waals surface area contributed by atoms with Gasteiger partial charge in [-0.1, -0.05) is 0 Å². The summed E-state index contributed by atoms with van der Waals surface area (Å²) in [7, 11) is -1.07. The Morgan fingerprint density at radius 2 is 2.41 bits per heavy atom. The lowest BCUT2D eigenvalue weighted by molar-refractivity contribution is 0.482. The molecule has 0 saturated carbocycles. The standard InChI is InChI=1S/C11H18N2O3S/c1-8(12-2)10-7-16-11(13-10)6-9-4-3-5-17(9,14)15/h7-9,12H,3-6H2,1-2H3. The van der Waals surface area contributed by atoms with Gasteiger partial charge in [0.1, 0.15) is 6.26 Å². The van der Waals surface area contributed by atoms with Gasteiger partial charge in [-0.3, -0.25) is 0 Å². The first-order valence-electron chi connectivity index (χ1n) is 5.86. The molecule has 1 aromatic heterocycles. The van der Waals surface area contributed by atoms with Crippen molar-refractivity contribution < 1.29 is 12.8 Å². The normalized spacial score (nSPS) is 24.9. The largest absolute Gasteiger partial charge is 0.449 e. The second-order valence-corrected chi connectivity index (χ2v) is 6.91. The predicted molar refractivity (Wildman–Crippen MR) is 64.5 cm³/mol. The first kappa shape index (κ1) is 12.6. The zero-order valence-corrected chi connectivity index (χ0v) is 11.0. The first-order valence-corrected chi connectivity index (χ1v) is 7.57. The van der Waals surface area contributed by atoms with Gasteiger partial charge < -0.3 is 9.73 Å². The van der Waals surface area contributed by atoms with Crippen LogP contribution in [0.15, 0.2) is 10.7 Å². The molecule has 1 aromatic rings. The summed E-state index contributed by atoms with van der Waals surface area (Å²) in [5.41, 5.74) is 0.817. The molecule has 1 saturated heterocycles. The number of rotatable bonds is 4. The van der Waals surface area contributed by atoms with E-state index in [9.17, 15) is 8.42 Å². The average molecular weight is 258 g/mol. The summed E-state index contributed by atoms with van der Waals surface area (Å²) in [6.07, 6.45) is 3.48. The van der Waals surface area contributed by atoms with E-state index in [0.29, 0.717) is 18.1 Å². The lowest BCUT2D eigenvalue weighted by atomic mass is 10.2. The van der Waals surface area contributed by atoms with Crippen molar-refractivity contribution in [3.8, 4) is 0 Å². The number of nitrogens with zero attached hydrogens (tertiary/aromatic N) is 1. The minimum absolute atomic E-state index is 0.118. The summed E-state index contributed by atoms with van der Waals surface area (Å²) in [5.74, 6) is 0.829. The van der Waals surface area contributed by atoms with Gasteiger partial charge in [-0.2, -0.15) is 0 Å². The number of nitrogens with one attached hydrogen (secondary N) is 1. The van der Waals surface area contributed by atoms with E-state index in [1.54, 1.807) is 6.26 Å². The smallest absolute Gasteiger partial charge is 0.195 e. The number of hydrogen-bond donors (Lipinski definition) is 1. The minimum atomic E-state index is -2.92. The highest BCUT2D eigenvalue weighted by Crippen LogP contribution is 2.24. The number of hydrogen-bond acceptors (Lipinski definition) is 5. The Morgan fingerprint density at radius 1 is 1.65 bits per heavy atom. The van der Waals surface area contributed by atoms with Crippen molar-refractivity contribution >= 4 is 9.84 Å². The monoisotopic (exact) mass is 258 g/mol. The summed E-state index contributed by atoms with van der Waals surface area (Å²) >= 11 is 0.